The standard InChI is InChI=1S/C19H26F6O2/c1-15-7-2-4-13(26)12(15)5-6-14(15)16(10-11-16)8-3-9-17(27,18(20,21)22)19(23,24)25/h3,9,12-14,26-27H,2,4-8,10-11H2,1H3/b9-3-/t12?,13-,14?,15-/m0/s1. The van der Waals surface area contributed by atoms with Gasteiger partial charge in [-0.15, -0.1) is 0 Å². The van der Waals surface area contributed by atoms with Crippen molar-refractivity contribution in [3.8, 4) is 0 Å². The summed E-state index contributed by atoms with van der Waals surface area (Å²) in [6, 6.07) is 0. The number of alkyl halides is 6. The Balaban J connectivity index is 1.77. The lowest BCUT2D eigenvalue weighted by atomic mass is 9.60. The summed E-state index contributed by atoms with van der Waals surface area (Å²) in [6.07, 6.45) is -5.41. The van der Waals surface area contributed by atoms with Crippen molar-refractivity contribution >= 4 is 0 Å². The summed E-state index contributed by atoms with van der Waals surface area (Å²) < 4.78 is 76.9. The molecule has 0 spiro atoms. The molecule has 3 rings (SSSR count). The van der Waals surface area contributed by atoms with Crippen molar-refractivity contribution in [3.63, 3.8) is 0 Å². The number of halogens is 6. The molecular formula is C19H26F6O2. The third kappa shape index (κ3) is 3.30. The Morgan fingerprint density at radius 2 is 1.56 bits per heavy atom. The number of fused-ring (bicyclic) bond motifs is 1. The Kier molecular flexibility index (Phi) is 4.95. The lowest BCUT2D eigenvalue weighted by molar-refractivity contribution is -0.347. The summed E-state index contributed by atoms with van der Waals surface area (Å²) in [5, 5.41) is 19.6. The third-order valence-corrected chi connectivity index (χ3v) is 7.47. The zero-order valence-corrected chi connectivity index (χ0v) is 15.2. The molecule has 3 aliphatic rings. The first-order valence-corrected chi connectivity index (χ1v) is 9.48. The highest BCUT2D eigenvalue weighted by molar-refractivity contribution is 5.16. The zero-order chi connectivity index (χ0) is 20.3. The van der Waals surface area contributed by atoms with Crippen LogP contribution in [0.4, 0.5) is 26.3 Å². The molecule has 0 aliphatic heterocycles. The van der Waals surface area contributed by atoms with Crippen molar-refractivity contribution in [1.82, 2.24) is 0 Å². The highest BCUT2D eigenvalue weighted by atomic mass is 19.4. The Hall–Kier alpha value is -0.760. The Morgan fingerprint density at radius 3 is 2.07 bits per heavy atom. The van der Waals surface area contributed by atoms with Gasteiger partial charge in [-0.25, -0.2) is 0 Å². The molecule has 0 amide bonds. The van der Waals surface area contributed by atoms with E-state index in [0.29, 0.717) is 0 Å². The molecule has 3 saturated carbocycles. The molecule has 8 heteroatoms. The van der Waals surface area contributed by atoms with Gasteiger partial charge in [0.25, 0.3) is 5.60 Å². The van der Waals surface area contributed by atoms with Crippen LogP contribution in [0.2, 0.25) is 0 Å². The van der Waals surface area contributed by atoms with Gasteiger partial charge in [-0.3, -0.25) is 0 Å². The van der Waals surface area contributed by atoms with Crippen LogP contribution < -0.4 is 0 Å². The first kappa shape index (κ1) is 21.0. The Labute approximate surface area is 154 Å². The lowest BCUT2D eigenvalue weighted by Gasteiger charge is -2.46. The molecule has 156 valence electrons. The number of allylic oxidation sites excluding steroid dienone is 1. The van der Waals surface area contributed by atoms with Crippen LogP contribution in [0, 0.1) is 22.7 Å². The number of hydrogen-bond acceptors (Lipinski definition) is 2. The van der Waals surface area contributed by atoms with Crippen LogP contribution in [-0.2, 0) is 0 Å². The van der Waals surface area contributed by atoms with Gasteiger partial charge in [0.1, 0.15) is 0 Å². The molecule has 2 N–H and O–H groups in total. The smallest absolute Gasteiger partial charge is 0.393 e. The van der Waals surface area contributed by atoms with E-state index in [0.717, 1.165) is 51.0 Å². The molecule has 0 saturated heterocycles. The summed E-state index contributed by atoms with van der Waals surface area (Å²) in [5.74, 6) is 0.333. The molecule has 4 atom stereocenters. The summed E-state index contributed by atoms with van der Waals surface area (Å²) in [4.78, 5) is 0. The molecule has 27 heavy (non-hydrogen) atoms. The fourth-order valence-electron chi connectivity index (χ4n) is 5.82. The van der Waals surface area contributed by atoms with E-state index in [1.54, 1.807) is 0 Å². The van der Waals surface area contributed by atoms with Gasteiger partial charge >= 0.3 is 12.4 Å². The number of rotatable bonds is 4. The van der Waals surface area contributed by atoms with Crippen molar-refractivity contribution in [1.29, 1.82) is 0 Å². The molecule has 0 aromatic heterocycles. The predicted molar refractivity (Wildman–Crippen MR) is 86.7 cm³/mol. The maximum absolute atomic E-state index is 12.8. The van der Waals surface area contributed by atoms with E-state index in [9.17, 15) is 36.6 Å². The Morgan fingerprint density at radius 1 is 0.963 bits per heavy atom. The second kappa shape index (κ2) is 6.37. The molecule has 0 aromatic carbocycles. The van der Waals surface area contributed by atoms with Crippen LogP contribution >= 0.6 is 0 Å². The van der Waals surface area contributed by atoms with Gasteiger partial charge in [0.15, 0.2) is 0 Å². The highest BCUT2D eigenvalue weighted by Gasteiger charge is 2.69. The number of aliphatic hydroxyl groups is 2. The second-order valence-electron chi connectivity index (χ2n) is 8.93. The summed E-state index contributed by atoms with van der Waals surface area (Å²) >= 11 is 0. The van der Waals surface area contributed by atoms with E-state index < -0.39 is 18.0 Å². The van der Waals surface area contributed by atoms with E-state index in [1.165, 1.54) is 0 Å². The topological polar surface area (TPSA) is 40.5 Å². The number of aliphatic hydroxyl groups excluding tert-OH is 1. The lowest BCUT2D eigenvalue weighted by Crippen LogP contribution is -2.55. The maximum Gasteiger partial charge on any atom is 0.429 e. The predicted octanol–water partition coefficient (Wildman–Crippen LogP) is 5.15. The van der Waals surface area contributed by atoms with Crippen LogP contribution in [-0.4, -0.2) is 34.3 Å². The second-order valence-corrected chi connectivity index (χ2v) is 8.93. The van der Waals surface area contributed by atoms with Gasteiger partial charge < -0.3 is 10.2 Å². The first-order chi connectivity index (χ1) is 12.3. The molecule has 2 unspecified atom stereocenters. The van der Waals surface area contributed by atoms with E-state index >= 15 is 0 Å². The quantitative estimate of drug-likeness (QED) is 0.506. The summed E-state index contributed by atoms with van der Waals surface area (Å²) in [7, 11) is 0. The molecule has 2 nitrogen and oxygen atoms in total. The van der Waals surface area contributed by atoms with Crippen LogP contribution in [0.15, 0.2) is 12.2 Å². The first-order valence-electron chi connectivity index (χ1n) is 9.48. The summed E-state index contributed by atoms with van der Waals surface area (Å²) in [6.45, 7) is 2.11. The van der Waals surface area contributed by atoms with Crippen molar-refractivity contribution in [2.24, 2.45) is 22.7 Å². The van der Waals surface area contributed by atoms with Crippen molar-refractivity contribution < 1.29 is 36.6 Å². The van der Waals surface area contributed by atoms with Crippen LogP contribution in [0.5, 0.6) is 0 Å². The fraction of sp³-hybridized carbons (Fsp3) is 0.895. The van der Waals surface area contributed by atoms with Gasteiger partial charge in [0.05, 0.1) is 6.10 Å². The molecule has 0 aromatic rings. The molecule has 3 fully saturated rings. The van der Waals surface area contributed by atoms with E-state index in [1.807, 2.05) is 0 Å². The maximum atomic E-state index is 12.8. The van der Waals surface area contributed by atoms with E-state index in [-0.39, 0.29) is 41.3 Å². The highest BCUT2D eigenvalue weighted by Crippen LogP contribution is 2.69. The van der Waals surface area contributed by atoms with Gasteiger partial charge in [0, 0.05) is 0 Å². The third-order valence-electron chi connectivity index (χ3n) is 7.47. The van der Waals surface area contributed by atoms with Gasteiger partial charge in [-0.05, 0) is 73.7 Å². The SMILES string of the molecule is C[C@]12CCC[C@H](O)C1CCC2C1(C/C=C\C(O)(C(F)(F)F)C(F)(F)F)CC1. The summed E-state index contributed by atoms with van der Waals surface area (Å²) in [5.41, 5.74) is -5.25. The van der Waals surface area contributed by atoms with Gasteiger partial charge in [-0.1, -0.05) is 19.4 Å². The average Bonchev–Trinajstić information content (AvgIpc) is 3.19. The fourth-order valence-corrected chi connectivity index (χ4v) is 5.82. The Bertz CT molecular complexity index is 578. The molecular weight excluding hydrogens is 374 g/mol. The molecule has 0 heterocycles. The normalized spacial score (nSPS) is 36.9. The van der Waals surface area contributed by atoms with Crippen LogP contribution in [0.1, 0.15) is 58.3 Å². The molecule has 0 radical (unpaired) electrons. The molecule has 3 aliphatic carbocycles. The minimum atomic E-state index is -5.82. The van der Waals surface area contributed by atoms with Crippen molar-refractivity contribution in [3.05, 3.63) is 12.2 Å². The minimum absolute atomic E-state index is 0.0878. The van der Waals surface area contributed by atoms with Crippen molar-refractivity contribution in [2.75, 3.05) is 0 Å². The van der Waals surface area contributed by atoms with Crippen molar-refractivity contribution in [2.45, 2.75) is 82.3 Å². The van der Waals surface area contributed by atoms with Crippen LogP contribution in [0.3, 0.4) is 0 Å². The van der Waals surface area contributed by atoms with Gasteiger partial charge in [-0.2, -0.15) is 26.3 Å². The largest absolute Gasteiger partial charge is 0.429 e. The van der Waals surface area contributed by atoms with E-state index in [4.69, 9.17) is 0 Å². The van der Waals surface area contributed by atoms with Gasteiger partial charge in [0.2, 0.25) is 0 Å². The average molecular weight is 400 g/mol. The molecule has 0 bridgehead atoms. The monoisotopic (exact) mass is 400 g/mol. The van der Waals surface area contributed by atoms with Crippen LogP contribution in [0.25, 0.3) is 0 Å². The zero-order valence-electron chi connectivity index (χ0n) is 15.2. The minimum Gasteiger partial charge on any atom is -0.393 e. The van der Waals surface area contributed by atoms with E-state index in [2.05, 4.69) is 6.92 Å². The number of hydrogen-bond donors (Lipinski definition) is 2.